The van der Waals surface area contributed by atoms with Gasteiger partial charge in [-0.3, -0.25) is 4.79 Å². The Morgan fingerprint density at radius 3 is 2.40 bits per heavy atom. The molecule has 0 atom stereocenters. The van der Waals surface area contributed by atoms with Crippen LogP contribution in [0.1, 0.15) is 5.56 Å². The molecule has 0 radical (unpaired) electrons. The van der Waals surface area contributed by atoms with Gasteiger partial charge in [-0.1, -0.05) is 6.07 Å². The van der Waals surface area contributed by atoms with Gasteiger partial charge in [0.1, 0.15) is 19.0 Å². The molecule has 2 aromatic rings. The molecular formula is C20H20BrFN2O5S. The number of carbonyl (C=O) groups excluding carboxylic acids is 1. The van der Waals surface area contributed by atoms with Crippen LogP contribution in [0, 0.1) is 5.82 Å². The van der Waals surface area contributed by atoms with E-state index in [-0.39, 0.29) is 36.1 Å². The lowest BCUT2D eigenvalue weighted by atomic mass is 10.1. The van der Waals surface area contributed by atoms with Crippen molar-refractivity contribution in [2.45, 2.75) is 11.3 Å². The molecule has 2 heterocycles. The van der Waals surface area contributed by atoms with Crippen LogP contribution < -0.4 is 9.47 Å². The number of nitrogens with zero attached hydrogens (tertiary/aromatic N) is 2. The zero-order chi connectivity index (χ0) is 21.3. The number of rotatable bonds is 4. The van der Waals surface area contributed by atoms with Crippen LogP contribution in [0.2, 0.25) is 0 Å². The highest BCUT2D eigenvalue weighted by molar-refractivity contribution is 9.10. The molecule has 0 saturated carbocycles. The molecule has 7 nitrogen and oxygen atoms in total. The van der Waals surface area contributed by atoms with Crippen molar-refractivity contribution in [1.29, 1.82) is 0 Å². The van der Waals surface area contributed by atoms with E-state index in [4.69, 9.17) is 9.47 Å². The molecule has 10 heteroatoms. The molecule has 2 aliphatic heterocycles. The molecule has 0 unspecified atom stereocenters. The fraction of sp³-hybridized carbons (Fsp3) is 0.350. The third kappa shape index (κ3) is 4.30. The predicted octanol–water partition coefficient (Wildman–Crippen LogP) is 2.44. The zero-order valence-electron chi connectivity index (χ0n) is 16.0. The highest BCUT2D eigenvalue weighted by atomic mass is 79.9. The van der Waals surface area contributed by atoms with Gasteiger partial charge in [-0.25, -0.2) is 12.8 Å². The van der Waals surface area contributed by atoms with Crippen LogP contribution in [0.3, 0.4) is 0 Å². The molecule has 1 fully saturated rings. The molecule has 30 heavy (non-hydrogen) atoms. The summed E-state index contributed by atoms with van der Waals surface area (Å²) in [4.78, 5) is 14.3. The van der Waals surface area contributed by atoms with Crippen molar-refractivity contribution in [2.75, 3.05) is 39.4 Å². The van der Waals surface area contributed by atoms with E-state index in [1.54, 1.807) is 23.1 Å². The third-order valence-corrected chi connectivity index (χ3v) is 7.58. The van der Waals surface area contributed by atoms with E-state index in [0.29, 0.717) is 47.8 Å². The second-order valence-corrected chi connectivity index (χ2v) is 9.81. The highest BCUT2D eigenvalue weighted by Gasteiger charge is 2.31. The maximum Gasteiger partial charge on any atom is 0.243 e. The van der Waals surface area contributed by atoms with Gasteiger partial charge in [-0.15, -0.1) is 0 Å². The Labute approximate surface area is 182 Å². The summed E-state index contributed by atoms with van der Waals surface area (Å²) in [6, 6.07) is 9.05. The zero-order valence-corrected chi connectivity index (χ0v) is 18.4. The summed E-state index contributed by atoms with van der Waals surface area (Å²) < 4.78 is 51.9. The first-order valence-electron chi connectivity index (χ1n) is 9.46. The van der Waals surface area contributed by atoms with Crippen molar-refractivity contribution in [3.05, 3.63) is 52.3 Å². The average Bonchev–Trinajstić information content (AvgIpc) is 2.76. The van der Waals surface area contributed by atoms with Crippen molar-refractivity contribution in [2.24, 2.45) is 0 Å². The van der Waals surface area contributed by atoms with Crippen LogP contribution in [0.25, 0.3) is 0 Å². The molecule has 1 saturated heterocycles. The Kier molecular flexibility index (Phi) is 5.99. The number of carbonyl (C=O) groups is 1. The Morgan fingerprint density at radius 2 is 1.70 bits per heavy atom. The summed E-state index contributed by atoms with van der Waals surface area (Å²) in [6.45, 7) is 1.81. The molecule has 0 N–H and O–H groups in total. The normalized spacial score (nSPS) is 17.1. The molecular weight excluding hydrogens is 479 g/mol. The number of ether oxygens (including phenoxy) is 2. The van der Waals surface area contributed by atoms with E-state index in [1.807, 2.05) is 0 Å². The van der Waals surface area contributed by atoms with Crippen LogP contribution in [-0.2, 0) is 21.2 Å². The van der Waals surface area contributed by atoms with E-state index in [1.165, 1.54) is 22.5 Å². The lowest BCUT2D eigenvalue weighted by Gasteiger charge is -2.34. The maximum atomic E-state index is 13.4. The quantitative estimate of drug-likeness (QED) is 0.646. The van der Waals surface area contributed by atoms with E-state index >= 15 is 0 Å². The van der Waals surface area contributed by atoms with Gasteiger partial charge in [0.25, 0.3) is 0 Å². The minimum absolute atomic E-state index is 0.120. The first-order valence-corrected chi connectivity index (χ1v) is 11.7. The monoisotopic (exact) mass is 498 g/mol. The van der Waals surface area contributed by atoms with Gasteiger partial charge in [-0.2, -0.15) is 4.31 Å². The standard InChI is InChI=1S/C20H20BrFN2O5S/c21-16-11-14(1-3-17(16)22)12-20(25)23-5-7-24(8-6-23)30(26,27)15-2-4-18-19(13-15)29-10-9-28-18/h1-4,11,13H,5-10,12H2. The summed E-state index contributed by atoms with van der Waals surface area (Å²) in [6.07, 6.45) is 0.133. The van der Waals surface area contributed by atoms with Gasteiger partial charge in [0.2, 0.25) is 15.9 Å². The van der Waals surface area contributed by atoms with Crippen LogP contribution in [0.5, 0.6) is 11.5 Å². The maximum absolute atomic E-state index is 13.4. The molecule has 1 amide bonds. The molecule has 0 aliphatic carbocycles. The minimum atomic E-state index is -3.70. The second-order valence-electron chi connectivity index (χ2n) is 7.02. The van der Waals surface area contributed by atoms with Gasteiger partial charge in [0, 0.05) is 32.2 Å². The van der Waals surface area contributed by atoms with Crippen LogP contribution in [0.4, 0.5) is 4.39 Å². The Morgan fingerprint density at radius 1 is 1.00 bits per heavy atom. The minimum Gasteiger partial charge on any atom is -0.486 e. The molecule has 0 aromatic heterocycles. The Balaban J connectivity index is 1.39. The van der Waals surface area contributed by atoms with Gasteiger partial charge in [0.15, 0.2) is 11.5 Å². The van der Waals surface area contributed by atoms with Crippen LogP contribution in [0.15, 0.2) is 45.8 Å². The number of hydrogen-bond donors (Lipinski definition) is 0. The second kappa shape index (κ2) is 8.52. The van der Waals surface area contributed by atoms with E-state index in [9.17, 15) is 17.6 Å². The van der Waals surface area contributed by atoms with Crippen molar-refractivity contribution in [3.63, 3.8) is 0 Å². The highest BCUT2D eigenvalue weighted by Crippen LogP contribution is 2.33. The summed E-state index contributed by atoms with van der Waals surface area (Å²) in [7, 11) is -3.70. The molecule has 2 aliphatic rings. The number of hydrogen-bond acceptors (Lipinski definition) is 5. The Hall–Kier alpha value is -2.17. The number of amides is 1. The van der Waals surface area contributed by atoms with Crippen LogP contribution >= 0.6 is 15.9 Å². The third-order valence-electron chi connectivity index (χ3n) is 5.08. The summed E-state index contributed by atoms with van der Waals surface area (Å²) >= 11 is 3.12. The fourth-order valence-corrected chi connectivity index (χ4v) is 5.31. The van der Waals surface area contributed by atoms with Crippen molar-refractivity contribution >= 4 is 31.9 Å². The molecule has 160 valence electrons. The molecule has 0 bridgehead atoms. The average molecular weight is 499 g/mol. The summed E-state index contributed by atoms with van der Waals surface area (Å²) in [5.41, 5.74) is 0.694. The summed E-state index contributed by atoms with van der Waals surface area (Å²) in [5, 5.41) is 0. The summed E-state index contributed by atoms with van der Waals surface area (Å²) in [5.74, 6) is 0.443. The topological polar surface area (TPSA) is 76.2 Å². The Bertz CT molecular complexity index is 1070. The number of benzene rings is 2. The number of piperazine rings is 1. The molecule has 0 spiro atoms. The lowest BCUT2D eigenvalue weighted by molar-refractivity contribution is -0.131. The smallest absolute Gasteiger partial charge is 0.243 e. The largest absolute Gasteiger partial charge is 0.486 e. The van der Waals surface area contributed by atoms with Gasteiger partial charge >= 0.3 is 0 Å². The van der Waals surface area contributed by atoms with Gasteiger partial charge in [-0.05, 0) is 45.8 Å². The predicted molar refractivity (Wildman–Crippen MR) is 111 cm³/mol. The van der Waals surface area contributed by atoms with E-state index in [0.717, 1.165) is 0 Å². The molecule has 4 rings (SSSR count). The number of sulfonamides is 1. The molecule has 2 aromatic carbocycles. The van der Waals surface area contributed by atoms with E-state index in [2.05, 4.69) is 15.9 Å². The first-order chi connectivity index (χ1) is 14.3. The van der Waals surface area contributed by atoms with Crippen molar-refractivity contribution in [1.82, 2.24) is 9.21 Å². The first kappa shape index (κ1) is 21.1. The van der Waals surface area contributed by atoms with Crippen molar-refractivity contribution < 1.29 is 27.1 Å². The fourth-order valence-electron chi connectivity index (χ4n) is 3.45. The van der Waals surface area contributed by atoms with Gasteiger partial charge in [0.05, 0.1) is 15.8 Å². The van der Waals surface area contributed by atoms with Gasteiger partial charge < -0.3 is 14.4 Å². The number of fused-ring (bicyclic) bond motifs is 1. The van der Waals surface area contributed by atoms with Crippen molar-refractivity contribution in [3.8, 4) is 11.5 Å². The van der Waals surface area contributed by atoms with E-state index < -0.39 is 10.0 Å². The lowest BCUT2D eigenvalue weighted by Crippen LogP contribution is -2.50. The SMILES string of the molecule is O=C(Cc1ccc(F)c(Br)c1)N1CCN(S(=O)(=O)c2ccc3c(c2)OCCO3)CC1. The van der Waals surface area contributed by atoms with Crippen LogP contribution in [-0.4, -0.2) is 62.9 Å². The number of halogens is 2.